The summed E-state index contributed by atoms with van der Waals surface area (Å²) in [5.74, 6) is 2.33. The third kappa shape index (κ3) is 5.33. The molecule has 0 aliphatic heterocycles. The maximum absolute atomic E-state index is 12.5. The minimum Gasteiger partial charge on any atom is -0.457 e. The lowest BCUT2D eigenvalue weighted by Gasteiger charge is -2.09. The van der Waals surface area contributed by atoms with Gasteiger partial charge < -0.3 is 26.3 Å². The Morgan fingerprint density at radius 3 is 1.58 bits per heavy atom. The minimum atomic E-state index is -0.222. The Kier molecular flexibility index (Phi) is 5.71. The van der Waals surface area contributed by atoms with Crippen molar-refractivity contribution in [3.8, 4) is 23.0 Å². The van der Waals surface area contributed by atoms with E-state index in [0.29, 0.717) is 45.6 Å². The summed E-state index contributed by atoms with van der Waals surface area (Å²) < 4.78 is 11.5. The van der Waals surface area contributed by atoms with E-state index in [1.807, 2.05) is 24.3 Å². The fraction of sp³-hybridized carbons (Fsp3) is 0. The van der Waals surface area contributed by atoms with Crippen LogP contribution in [0.4, 0.5) is 17.1 Å². The minimum absolute atomic E-state index is 0.222. The molecule has 0 unspecified atom stereocenters. The predicted octanol–water partition coefficient (Wildman–Crippen LogP) is 5.69. The monoisotopic (exact) mass is 411 g/mol. The van der Waals surface area contributed by atoms with E-state index in [1.165, 1.54) is 0 Å². The molecule has 0 saturated carbocycles. The molecule has 0 spiro atoms. The molecule has 0 heterocycles. The summed E-state index contributed by atoms with van der Waals surface area (Å²) in [5.41, 5.74) is 13.9. The van der Waals surface area contributed by atoms with E-state index in [9.17, 15) is 4.79 Å². The van der Waals surface area contributed by atoms with E-state index in [0.717, 1.165) is 0 Å². The van der Waals surface area contributed by atoms with E-state index in [4.69, 9.17) is 20.9 Å². The number of ether oxygens (including phenoxy) is 2. The van der Waals surface area contributed by atoms with Crippen LogP contribution in [0.2, 0.25) is 0 Å². The first-order valence-corrected chi connectivity index (χ1v) is 9.63. The summed E-state index contributed by atoms with van der Waals surface area (Å²) in [7, 11) is 0. The molecule has 0 aromatic heterocycles. The van der Waals surface area contributed by atoms with Gasteiger partial charge in [-0.05, 0) is 72.8 Å². The number of anilines is 3. The van der Waals surface area contributed by atoms with Crippen LogP contribution in [0.1, 0.15) is 10.4 Å². The Hall–Kier alpha value is -4.45. The highest BCUT2D eigenvalue weighted by Gasteiger charge is 2.07. The van der Waals surface area contributed by atoms with Crippen LogP contribution in [0.3, 0.4) is 0 Å². The molecule has 5 N–H and O–H groups in total. The van der Waals surface area contributed by atoms with Crippen molar-refractivity contribution in [1.29, 1.82) is 0 Å². The van der Waals surface area contributed by atoms with Crippen molar-refractivity contribution < 1.29 is 14.3 Å². The molecule has 0 atom stereocenters. The first-order chi connectivity index (χ1) is 15.0. The van der Waals surface area contributed by atoms with Crippen LogP contribution in [0.15, 0.2) is 97.1 Å². The Morgan fingerprint density at radius 1 is 0.613 bits per heavy atom. The van der Waals surface area contributed by atoms with Gasteiger partial charge in [-0.15, -0.1) is 0 Å². The molecule has 1 amide bonds. The molecule has 4 aromatic rings. The highest BCUT2D eigenvalue weighted by atomic mass is 16.5. The van der Waals surface area contributed by atoms with Crippen LogP contribution in [-0.2, 0) is 0 Å². The van der Waals surface area contributed by atoms with Crippen LogP contribution in [0.25, 0.3) is 0 Å². The van der Waals surface area contributed by atoms with Crippen LogP contribution in [0.5, 0.6) is 23.0 Å². The molecule has 0 aliphatic rings. The number of hydrogen-bond acceptors (Lipinski definition) is 5. The number of nitrogen functional groups attached to an aromatic ring is 2. The van der Waals surface area contributed by atoms with Crippen LogP contribution in [-0.4, -0.2) is 5.91 Å². The molecular formula is C25H21N3O3. The lowest BCUT2D eigenvalue weighted by atomic mass is 10.2. The smallest absolute Gasteiger partial charge is 0.255 e. The lowest BCUT2D eigenvalue weighted by molar-refractivity contribution is 0.102. The average Bonchev–Trinajstić information content (AvgIpc) is 2.76. The molecule has 31 heavy (non-hydrogen) atoms. The van der Waals surface area contributed by atoms with Gasteiger partial charge in [-0.3, -0.25) is 4.79 Å². The molecule has 4 aromatic carbocycles. The van der Waals surface area contributed by atoms with Crippen molar-refractivity contribution in [1.82, 2.24) is 0 Å². The predicted molar refractivity (Wildman–Crippen MR) is 123 cm³/mol. The van der Waals surface area contributed by atoms with Gasteiger partial charge in [-0.25, -0.2) is 0 Å². The molecular weight excluding hydrogens is 390 g/mol. The standard InChI is InChI=1S/C25H21N3O3/c26-18-3-1-5-23(15-18)30-21-11-7-17(8-12-21)25(29)28-20-9-13-22(14-10-20)31-24-6-2-4-19(27)16-24/h1-16H,26-27H2,(H,28,29). The Bertz CT molecular complexity index is 1190. The van der Waals surface area contributed by atoms with E-state index in [-0.39, 0.29) is 5.91 Å². The van der Waals surface area contributed by atoms with Crippen molar-refractivity contribution in [3.63, 3.8) is 0 Å². The van der Waals surface area contributed by atoms with Gasteiger partial charge in [0.25, 0.3) is 5.91 Å². The molecule has 0 aliphatic carbocycles. The lowest BCUT2D eigenvalue weighted by Crippen LogP contribution is -2.11. The quantitative estimate of drug-likeness (QED) is 0.354. The van der Waals surface area contributed by atoms with Crippen molar-refractivity contribution in [3.05, 3.63) is 103 Å². The first-order valence-electron chi connectivity index (χ1n) is 9.63. The van der Waals surface area contributed by atoms with Crippen LogP contribution < -0.4 is 26.3 Å². The van der Waals surface area contributed by atoms with Gasteiger partial charge in [-0.1, -0.05) is 12.1 Å². The third-order valence-corrected chi connectivity index (χ3v) is 4.42. The van der Waals surface area contributed by atoms with E-state index in [2.05, 4.69) is 5.32 Å². The Labute approximate surface area is 180 Å². The van der Waals surface area contributed by atoms with Gasteiger partial charge >= 0.3 is 0 Å². The SMILES string of the molecule is Nc1cccc(Oc2ccc(NC(=O)c3ccc(Oc4cccc(N)c4)cc3)cc2)c1. The fourth-order valence-electron chi connectivity index (χ4n) is 2.91. The molecule has 154 valence electrons. The number of nitrogens with two attached hydrogens (primary N) is 2. The number of amides is 1. The second-order valence-corrected chi connectivity index (χ2v) is 6.85. The topological polar surface area (TPSA) is 99.6 Å². The number of nitrogens with one attached hydrogen (secondary N) is 1. The van der Waals surface area contributed by atoms with Crippen LogP contribution >= 0.6 is 0 Å². The molecule has 0 fully saturated rings. The second kappa shape index (κ2) is 8.92. The summed E-state index contributed by atoms with van der Waals surface area (Å²) in [6.45, 7) is 0. The summed E-state index contributed by atoms with van der Waals surface area (Å²) >= 11 is 0. The summed E-state index contributed by atoms with van der Waals surface area (Å²) in [4.78, 5) is 12.5. The highest BCUT2D eigenvalue weighted by molar-refractivity contribution is 6.04. The van der Waals surface area contributed by atoms with E-state index < -0.39 is 0 Å². The fourth-order valence-corrected chi connectivity index (χ4v) is 2.91. The van der Waals surface area contributed by atoms with Gasteiger partial charge in [0, 0.05) is 34.8 Å². The van der Waals surface area contributed by atoms with Crippen LogP contribution in [0, 0.1) is 0 Å². The van der Waals surface area contributed by atoms with Crippen molar-refractivity contribution in [2.24, 2.45) is 0 Å². The molecule has 6 nitrogen and oxygen atoms in total. The van der Waals surface area contributed by atoms with Gasteiger partial charge in [0.1, 0.15) is 23.0 Å². The highest BCUT2D eigenvalue weighted by Crippen LogP contribution is 2.26. The van der Waals surface area contributed by atoms with Gasteiger partial charge in [0.05, 0.1) is 0 Å². The maximum atomic E-state index is 12.5. The van der Waals surface area contributed by atoms with Crippen molar-refractivity contribution in [2.75, 3.05) is 16.8 Å². The summed E-state index contributed by atoms with van der Waals surface area (Å²) in [6.07, 6.45) is 0. The van der Waals surface area contributed by atoms with E-state index >= 15 is 0 Å². The maximum Gasteiger partial charge on any atom is 0.255 e. The number of carbonyl (C=O) groups is 1. The van der Waals surface area contributed by atoms with Crippen molar-refractivity contribution in [2.45, 2.75) is 0 Å². The molecule has 6 heteroatoms. The third-order valence-electron chi connectivity index (χ3n) is 4.42. The number of benzene rings is 4. The zero-order chi connectivity index (χ0) is 21.6. The van der Waals surface area contributed by atoms with E-state index in [1.54, 1.807) is 72.8 Å². The normalized spacial score (nSPS) is 10.3. The van der Waals surface area contributed by atoms with Gasteiger partial charge in [0.15, 0.2) is 0 Å². The Balaban J connectivity index is 1.36. The summed E-state index contributed by atoms with van der Waals surface area (Å²) in [6, 6.07) is 28.3. The second-order valence-electron chi connectivity index (χ2n) is 6.85. The largest absolute Gasteiger partial charge is 0.457 e. The molecule has 0 saturated heterocycles. The summed E-state index contributed by atoms with van der Waals surface area (Å²) in [5, 5.41) is 2.86. The zero-order valence-corrected chi connectivity index (χ0v) is 16.6. The van der Waals surface area contributed by atoms with Gasteiger partial charge in [-0.2, -0.15) is 0 Å². The first kappa shape index (κ1) is 19.8. The van der Waals surface area contributed by atoms with Gasteiger partial charge in [0.2, 0.25) is 0 Å². The Morgan fingerprint density at radius 2 is 1.10 bits per heavy atom. The molecule has 4 rings (SSSR count). The number of rotatable bonds is 6. The molecule has 0 radical (unpaired) electrons. The molecule has 0 bridgehead atoms. The zero-order valence-electron chi connectivity index (χ0n) is 16.6. The number of carbonyl (C=O) groups excluding carboxylic acids is 1. The average molecular weight is 411 g/mol. The van der Waals surface area contributed by atoms with Crippen molar-refractivity contribution >= 4 is 23.0 Å². The number of hydrogen-bond donors (Lipinski definition) is 3.